The average Bonchev–Trinajstić information content (AvgIpc) is 2.91. The Morgan fingerprint density at radius 2 is 2.11 bits per heavy atom. The fraction of sp³-hybridized carbons (Fsp3) is 0.0714. The van der Waals surface area contributed by atoms with E-state index in [0.717, 1.165) is 5.56 Å². The van der Waals surface area contributed by atoms with Crippen LogP contribution in [0.2, 0.25) is 10.0 Å². The van der Waals surface area contributed by atoms with Crippen molar-refractivity contribution in [2.24, 2.45) is 0 Å². The molecule has 1 aromatic heterocycles. The van der Waals surface area contributed by atoms with Gasteiger partial charge in [-0.3, -0.25) is 4.79 Å². The normalized spacial score (nSPS) is 10.8. The summed E-state index contributed by atoms with van der Waals surface area (Å²) in [5.74, 6) is 0.423. The minimum absolute atomic E-state index is 0.206. The molecular formula is C14H11Cl2NO2. The zero-order valence-corrected chi connectivity index (χ0v) is 11.4. The predicted octanol–water partition coefficient (Wildman–Crippen LogP) is 3.92. The third-order valence-corrected chi connectivity index (χ3v) is 3.13. The molecule has 0 spiro atoms. The molecule has 0 unspecified atom stereocenters. The highest BCUT2D eigenvalue weighted by Gasteiger charge is 2.01. The van der Waals surface area contributed by atoms with Gasteiger partial charge in [0.2, 0.25) is 5.91 Å². The average molecular weight is 296 g/mol. The number of halogens is 2. The van der Waals surface area contributed by atoms with Gasteiger partial charge >= 0.3 is 0 Å². The fourth-order valence-corrected chi connectivity index (χ4v) is 1.76. The molecule has 0 bridgehead atoms. The Morgan fingerprint density at radius 3 is 2.79 bits per heavy atom. The topological polar surface area (TPSA) is 42.2 Å². The van der Waals surface area contributed by atoms with Crippen molar-refractivity contribution in [3.63, 3.8) is 0 Å². The lowest BCUT2D eigenvalue weighted by Gasteiger charge is -2.04. The van der Waals surface area contributed by atoms with E-state index < -0.39 is 0 Å². The van der Waals surface area contributed by atoms with E-state index >= 15 is 0 Å². The summed E-state index contributed by atoms with van der Waals surface area (Å²) in [4.78, 5) is 11.6. The maximum absolute atomic E-state index is 11.6. The zero-order chi connectivity index (χ0) is 13.7. The van der Waals surface area contributed by atoms with Crippen molar-refractivity contribution in [1.29, 1.82) is 0 Å². The Hall–Kier alpha value is -1.71. The Bertz CT molecular complexity index is 591. The van der Waals surface area contributed by atoms with Crippen LogP contribution in [0.25, 0.3) is 6.08 Å². The molecule has 0 saturated heterocycles. The molecule has 5 heteroatoms. The van der Waals surface area contributed by atoms with Crippen LogP contribution in [0.1, 0.15) is 11.3 Å². The van der Waals surface area contributed by atoms with Crippen LogP contribution in [0.15, 0.2) is 47.1 Å². The molecule has 1 amide bonds. The van der Waals surface area contributed by atoms with E-state index in [1.165, 1.54) is 6.08 Å². The van der Waals surface area contributed by atoms with Gasteiger partial charge in [-0.1, -0.05) is 29.3 Å². The number of benzene rings is 1. The van der Waals surface area contributed by atoms with E-state index in [4.69, 9.17) is 27.6 Å². The first-order valence-corrected chi connectivity index (χ1v) is 6.34. The van der Waals surface area contributed by atoms with E-state index in [9.17, 15) is 4.79 Å². The Kier molecular flexibility index (Phi) is 4.66. The molecule has 1 aromatic carbocycles. The molecule has 0 fully saturated rings. The summed E-state index contributed by atoms with van der Waals surface area (Å²) < 4.78 is 5.08. The molecule has 0 radical (unpaired) electrons. The van der Waals surface area contributed by atoms with E-state index in [0.29, 0.717) is 22.4 Å². The minimum atomic E-state index is -0.206. The van der Waals surface area contributed by atoms with Crippen molar-refractivity contribution in [2.75, 3.05) is 0 Å². The standard InChI is InChI=1S/C14H11Cl2NO2/c15-12-5-3-10(8-13(12)16)9-17-14(18)6-4-11-2-1-7-19-11/h1-8H,9H2,(H,17,18). The van der Waals surface area contributed by atoms with Gasteiger partial charge in [-0.05, 0) is 35.9 Å². The highest BCUT2D eigenvalue weighted by molar-refractivity contribution is 6.42. The zero-order valence-electron chi connectivity index (χ0n) is 9.90. The number of rotatable bonds is 4. The molecule has 19 heavy (non-hydrogen) atoms. The first-order valence-electron chi connectivity index (χ1n) is 5.58. The van der Waals surface area contributed by atoms with Gasteiger partial charge in [0.05, 0.1) is 16.3 Å². The number of hydrogen-bond acceptors (Lipinski definition) is 2. The molecule has 98 valence electrons. The van der Waals surface area contributed by atoms with Crippen LogP contribution in [0, 0.1) is 0 Å². The van der Waals surface area contributed by atoms with E-state index in [1.54, 1.807) is 36.6 Å². The summed E-state index contributed by atoms with van der Waals surface area (Å²) in [5, 5.41) is 3.71. The Labute approximate surface area is 120 Å². The van der Waals surface area contributed by atoms with E-state index in [2.05, 4.69) is 5.32 Å². The second-order valence-electron chi connectivity index (χ2n) is 3.82. The summed E-state index contributed by atoms with van der Waals surface area (Å²) in [6.07, 6.45) is 4.56. The number of amides is 1. The van der Waals surface area contributed by atoms with Gasteiger partial charge in [0.25, 0.3) is 0 Å². The van der Waals surface area contributed by atoms with Crippen LogP contribution in [0.4, 0.5) is 0 Å². The smallest absolute Gasteiger partial charge is 0.244 e. The molecule has 2 rings (SSSR count). The van der Waals surface area contributed by atoms with Crippen molar-refractivity contribution in [2.45, 2.75) is 6.54 Å². The third-order valence-electron chi connectivity index (χ3n) is 2.39. The number of nitrogens with one attached hydrogen (secondary N) is 1. The second kappa shape index (κ2) is 6.45. The van der Waals surface area contributed by atoms with Gasteiger partial charge in [-0.15, -0.1) is 0 Å². The van der Waals surface area contributed by atoms with Crippen molar-refractivity contribution >= 4 is 35.2 Å². The third kappa shape index (κ3) is 4.16. The van der Waals surface area contributed by atoms with Crippen LogP contribution in [-0.4, -0.2) is 5.91 Å². The molecule has 2 aromatic rings. The number of carbonyl (C=O) groups excluding carboxylic acids is 1. The number of carbonyl (C=O) groups is 1. The number of furan rings is 1. The Balaban J connectivity index is 1.88. The quantitative estimate of drug-likeness (QED) is 0.869. The highest BCUT2D eigenvalue weighted by atomic mass is 35.5. The molecule has 0 aliphatic carbocycles. The van der Waals surface area contributed by atoms with Crippen LogP contribution in [-0.2, 0) is 11.3 Å². The molecule has 0 aliphatic heterocycles. The molecule has 0 atom stereocenters. The second-order valence-corrected chi connectivity index (χ2v) is 4.63. The van der Waals surface area contributed by atoms with Crippen molar-refractivity contribution in [1.82, 2.24) is 5.32 Å². The molecule has 1 heterocycles. The monoisotopic (exact) mass is 295 g/mol. The lowest BCUT2D eigenvalue weighted by molar-refractivity contribution is -0.116. The van der Waals surface area contributed by atoms with Crippen LogP contribution < -0.4 is 5.32 Å². The lowest BCUT2D eigenvalue weighted by atomic mass is 10.2. The maximum atomic E-state index is 11.6. The van der Waals surface area contributed by atoms with Crippen LogP contribution >= 0.6 is 23.2 Å². The summed E-state index contributed by atoms with van der Waals surface area (Å²) in [5.41, 5.74) is 0.883. The number of hydrogen-bond donors (Lipinski definition) is 1. The van der Waals surface area contributed by atoms with Gasteiger partial charge in [0, 0.05) is 12.6 Å². The molecular weight excluding hydrogens is 285 g/mol. The van der Waals surface area contributed by atoms with Crippen molar-refractivity contribution in [3.05, 3.63) is 64.0 Å². The summed E-state index contributed by atoms with van der Waals surface area (Å²) in [7, 11) is 0. The van der Waals surface area contributed by atoms with Crippen LogP contribution in [0.3, 0.4) is 0 Å². The van der Waals surface area contributed by atoms with E-state index in [1.807, 2.05) is 6.07 Å². The van der Waals surface area contributed by atoms with Gasteiger partial charge in [0.1, 0.15) is 5.76 Å². The van der Waals surface area contributed by atoms with Gasteiger partial charge in [0.15, 0.2) is 0 Å². The van der Waals surface area contributed by atoms with Gasteiger partial charge < -0.3 is 9.73 Å². The first-order chi connectivity index (χ1) is 9.15. The fourth-order valence-electron chi connectivity index (χ4n) is 1.44. The Morgan fingerprint density at radius 1 is 1.26 bits per heavy atom. The largest absolute Gasteiger partial charge is 0.465 e. The first kappa shape index (κ1) is 13.7. The van der Waals surface area contributed by atoms with E-state index in [-0.39, 0.29) is 5.91 Å². The minimum Gasteiger partial charge on any atom is -0.465 e. The van der Waals surface area contributed by atoms with Crippen molar-refractivity contribution in [3.8, 4) is 0 Å². The predicted molar refractivity (Wildman–Crippen MR) is 76.1 cm³/mol. The highest BCUT2D eigenvalue weighted by Crippen LogP contribution is 2.22. The van der Waals surface area contributed by atoms with Gasteiger partial charge in [-0.2, -0.15) is 0 Å². The summed E-state index contributed by atoms with van der Waals surface area (Å²) in [6.45, 7) is 0.387. The van der Waals surface area contributed by atoms with Gasteiger partial charge in [-0.25, -0.2) is 0 Å². The molecule has 3 nitrogen and oxygen atoms in total. The molecule has 1 N–H and O–H groups in total. The molecule has 0 saturated carbocycles. The van der Waals surface area contributed by atoms with Crippen LogP contribution in [0.5, 0.6) is 0 Å². The van der Waals surface area contributed by atoms with Crippen molar-refractivity contribution < 1.29 is 9.21 Å². The lowest BCUT2D eigenvalue weighted by Crippen LogP contribution is -2.20. The maximum Gasteiger partial charge on any atom is 0.244 e. The summed E-state index contributed by atoms with van der Waals surface area (Å²) in [6, 6.07) is 8.76. The SMILES string of the molecule is O=C(C=Cc1ccco1)NCc1ccc(Cl)c(Cl)c1. The summed E-state index contributed by atoms with van der Waals surface area (Å²) >= 11 is 11.7. The molecule has 0 aliphatic rings.